The number of esters is 1. The average Bonchev–Trinajstić information content (AvgIpc) is 2.96. The molecule has 1 aromatic heterocycles. The number of para-hydroxylation sites is 1. The first kappa shape index (κ1) is 14.3. The van der Waals surface area contributed by atoms with Gasteiger partial charge in [0.15, 0.2) is 0 Å². The third-order valence-corrected chi connectivity index (χ3v) is 4.11. The molecule has 2 aromatic rings. The van der Waals surface area contributed by atoms with E-state index in [-0.39, 0.29) is 11.9 Å². The monoisotopic (exact) mass is 299 g/mol. The number of nitrogens with zero attached hydrogens (tertiary/aromatic N) is 2. The highest BCUT2D eigenvalue weighted by molar-refractivity contribution is 5.99. The molecular weight excluding hydrogens is 282 g/mol. The summed E-state index contributed by atoms with van der Waals surface area (Å²) in [5.74, 6) is -0.572. The standard InChI is InChI=1S/C16H17N3O3/c1-16(2)13(19-9-17-8-12(19)14(20)22-3)10-6-4-5-7-11(10)18-15(16)21/h4-9,13H,1-3H3,(H,18,21). The van der Waals surface area contributed by atoms with Crippen molar-refractivity contribution in [2.75, 3.05) is 12.4 Å². The Hall–Kier alpha value is -2.63. The molecule has 0 fully saturated rings. The molecule has 6 nitrogen and oxygen atoms in total. The molecule has 22 heavy (non-hydrogen) atoms. The first-order valence-electron chi connectivity index (χ1n) is 6.97. The average molecular weight is 299 g/mol. The minimum atomic E-state index is -0.738. The molecule has 1 N–H and O–H groups in total. The Morgan fingerprint density at radius 1 is 1.36 bits per heavy atom. The first-order chi connectivity index (χ1) is 10.5. The molecule has 0 spiro atoms. The number of benzene rings is 1. The summed E-state index contributed by atoms with van der Waals surface area (Å²) in [6.07, 6.45) is 3.02. The largest absolute Gasteiger partial charge is 0.464 e. The van der Waals surface area contributed by atoms with Crippen LogP contribution in [0.3, 0.4) is 0 Å². The predicted molar refractivity (Wildman–Crippen MR) is 80.6 cm³/mol. The summed E-state index contributed by atoms with van der Waals surface area (Å²) < 4.78 is 6.52. The summed E-state index contributed by atoms with van der Waals surface area (Å²) in [5.41, 5.74) is 1.28. The molecule has 1 aliphatic heterocycles. The Kier molecular flexibility index (Phi) is 3.24. The van der Waals surface area contributed by atoms with E-state index in [1.165, 1.54) is 13.3 Å². The second-order valence-electron chi connectivity index (χ2n) is 5.84. The molecule has 0 bridgehead atoms. The van der Waals surface area contributed by atoms with Crippen LogP contribution in [0, 0.1) is 5.41 Å². The Bertz CT molecular complexity index is 749. The molecule has 1 unspecified atom stereocenters. The quantitative estimate of drug-likeness (QED) is 0.863. The van der Waals surface area contributed by atoms with Crippen LogP contribution in [0.15, 0.2) is 36.8 Å². The van der Waals surface area contributed by atoms with Crippen molar-refractivity contribution in [3.05, 3.63) is 48.0 Å². The number of nitrogens with one attached hydrogen (secondary N) is 1. The summed E-state index contributed by atoms with van der Waals surface area (Å²) in [6, 6.07) is 7.23. The Balaban J connectivity index is 2.22. The van der Waals surface area contributed by atoms with Crippen molar-refractivity contribution < 1.29 is 14.3 Å². The van der Waals surface area contributed by atoms with E-state index < -0.39 is 11.4 Å². The van der Waals surface area contributed by atoms with Crippen LogP contribution in [0.5, 0.6) is 0 Å². The molecule has 0 radical (unpaired) electrons. The van der Waals surface area contributed by atoms with Gasteiger partial charge in [0.2, 0.25) is 5.91 Å². The molecular formula is C16H17N3O3. The van der Waals surface area contributed by atoms with Crippen LogP contribution in [0.2, 0.25) is 0 Å². The van der Waals surface area contributed by atoms with Gasteiger partial charge in [-0.1, -0.05) is 18.2 Å². The van der Waals surface area contributed by atoms with Gasteiger partial charge in [-0.3, -0.25) is 4.79 Å². The van der Waals surface area contributed by atoms with Gasteiger partial charge in [-0.05, 0) is 25.5 Å². The topological polar surface area (TPSA) is 73.2 Å². The number of hydrogen-bond donors (Lipinski definition) is 1. The molecule has 0 aliphatic carbocycles. The number of amides is 1. The molecule has 1 atom stereocenters. The maximum absolute atomic E-state index is 12.5. The summed E-state index contributed by atoms with van der Waals surface area (Å²) in [4.78, 5) is 28.5. The summed E-state index contributed by atoms with van der Waals surface area (Å²) in [5, 5.41) is 2.92. The van der Waals surface area contributed by atoms with Crippen LogP contribution in [0.25, 0.3) is 0 Å². The van der Waals surface area contributed by atoms with Gasteiger partial charge in [0.25, 0.3) is 0 Å². The molecule has 0 saturated carbocycles. The Labute approximate surface area is 128 Å². The number of carbonyl (C=O) groups excluding carboxylic acids is 2. The number of imidazole rings is 1. The highest BCUT2D eigenvalue weighted by Gasteiger charge is 2.44. The maximum atomic E-state index is 12.5. The number of anilines is 1. The van der Waals surface area contributed by atoms with Crippen molar-refractivity contribution in [3.63, 3.8) is 0 Å². The number of fused-ring (bicyclic) bond motifs is 1. The third-order valence-electron chi connectivity index (χ3n) is 4.11. The fourth-order valence-electron chi connectivity index (χ4n) is 2.92. The van der Waals surface area contributed by atoms with E-state index in [9.17, 15) is 9.59 Å². The number of ether oxygens (including phenoxy) is 1. The summed E-state index contributed by atoms with van der Waals surface area (Å²) >= 11 is 0. The van der Waals surface area contributed by atoms with Crippen LogP contribution in [-0.4, -0.2) is 28.5 Å². The van der Waals surface area contributed by atoms with Crippen LogP contribution in [-0.2, 0) is 9.53 Å². The van der Waals surface area contributed by atoms with E-state index in [1.54, 1.807) is 10.9 Å². The fourth-order valence-corrected chi connectivity index (χ4v) is 2.92. The van der Waals surface area contributed by atoms with Crippen molar-refractivity contribution in [1.82, 2.24) is 9.55 Å². The van der Waals surface area contributed by atoms with E-state index in [0.717, 1.165) is 11.3 Å². The summed E-state index contributed by atoms with van der Waals surface area (Å²) in [6.45, 7) is 3.70. The smallest absolute Gasteiger partial charge is 0.356 e. The fraction of sp³-hybridized carbons (Fsp3) is 0.312. The normalized spacial score (nSPS) is 19.2. The zero-order valence-electron chi connectivity index (χ0n) is 12.7. The van der Waals surface area contributed by atoms with Crippen molar-refractivity contribution in [3.8, 4) is 0 Å². The molecule has 2 heterocycles. The lowest BCUT2D eigenvalue weighted by Crippen LogP contribution is -2.44. The van der Waals surface area contributed by atoms with E-state index in [4.69, 9.17) is 4.74 Å². The lowest BCUT2D eigenvalue weighted by atomic mass is 9.76. The van der Waals surface area contributed by atoms with Crippen molar-refractivity contribution >= 4 is 17.6 Å². The van der Waals surface area contributed by atoms with Crippen LogP contribution >= 0.6 is 0 Å². The van der Waals surface area contributed by atoms with E-state index in [2.05, 4.69) is 10.3 Å². The third kappa shape index (κ3) is 1.99. The highest BCUT2D eigenvalue weighted by Crippen LogP contribution is 2.45. The molecule has 1 aromatic carbocycles. The van der Waals surface area contributed by atoms with Gasteiger partial charge in [-0.25, -0.2) is 9.78 Å². The van der Waals surface area contributed by atoms with Gasteiger partial charge in [-0.2, -0.15) is 0 Å². The van der Waals surface area contributed by atoms with E-state index in [1.807, 2.05) is 38.1 Å². The van der Waals surface area contributed by atoms with Gasteiger partial charge in [-0.15, -0.1) is 0 Å². The minimum Gasteiger partial charge on any atom is -0.464 e. The van der Waals surface area contributed by atoms with Gasteiger partial charge < -0.3 is 14.6 Å². The van der Waals surface area contributed by atoms with E-state index in [0.29, 0.717) is 5.69 Å². The van der Waals surface area contributed by atoms with E-state index >= 15 is 0 Å². The predicted octanol–water partition coefficient (Wildman–Crippen LogP) is 2.24. The van der Waals surface area contributed by atoms with Crippen LogP contribution < -0.4 is 5.32 Å². The SMILES string of the molecule is COC(=O)c1cncn1C1c2ccccc2NC(=O)C1(C)C. The van der Waals surface area contributed by atoms with Crippen molar-refractivity contribution in [1.29, 1.82) is 0 Å². The Morgan fingerprint density at radius 3 is 2.82 bits per heavy atom. The summed E-state index contributed by atoms with van der Waals surface area (Å²) in [7, 11) is 1.33. The van der Waals surface area contributed by atoms with Gasteiger partial charge >= 0.3 is 5.97 Å². The zero-order chi connectivity index (χ0) is 15.9. The number of hydrogen-bond acceptors (Lipinski definition) is 4. The van der Waals surface area contributed by atoms with Crippen molar-refractivity contribution in [2.24, 2.45) is 5.41 Å². The van der Waals surface area contributed by atoms with Gasteiger partial charge in [0, 0.05) is 5.69 Å². The van der Waals surface area contributed by atoms with Gasteiger partial charge in [0.05, 0.1) is 31.1 Å². The Morgan fingerprint density at radius 2 is 2.09 bits per heavy atom. The zero-order valence-corrected chi connectivity index (χ0v) is 12.7. The lowest BCUT2D eigenvalue weighted by molar-refractivity contribution is -0.126. The molecule has 6 heteroatoms. The number of rotatable bonds is 2. The number of methoxy groups -OCH3 is 1. The number of carbonyl (C=O) groups is 2. The second kappa shape index (κ2) is 4.98. The second-order valence-corrected chi connectivity index (χ2v) is 5.84. The van der Waals surface area contributed by atoms with Crippen LogP contribution in [0.4, 0.5) is 5.69 Å². The number of aromatic nitrogens is 2. The molecule has 0 saturated heterocycles. The van der Waals surface area contributed by atoms with Gasteiger partial charge in [0.1, 0.15) is 5.69 Å². The first-order valence-corrected chi connectivity index (χ1v) is 6.97. The molecule has 1 aliphatic rings. The molecule has 3 rings (SSSR count). The highest BCUT2D eigenvalue weighted by atomic mass is 16.5. The van der Waals surface area contributed by atoms with Crippen molar-refractivity contribution in [2.45, 2.75) is 19.9 Å². The lowest BCUT2D eigenvalue weighted by Gasteiger charge is -2.39. The molecule has 1 amide bonds. The maximum Gasteiger partial charge on any atom is 0.356 e. The minimum absolute atomic E-state index is 0.0966. The molecule has 114 valence electrons. The van der Waals surface area contributed by atoms with Crippen LogP contribution in [0.1, 0.15) is 35.9 Å².